The number of carbonyl (C=O) groups excluding carboxylic acids is 1. The molecule has 0 saturated carbocycles. The molecule has 0 spiro atoms. The van der Waals surface area contributed by atoms with Crippen molar-refractivity contribution in [3.05, 3.63) is 69.6 Å². The molecular formula is C26H30N2O5. The maximum atomic E-state index is 13.6. The first-order valence-electron chi connectivity index (χ1n) is 11.4. The molecule has 0 fully saturated rings. The van der Waals surface area contributed by atoms with E-state index in [2.05, 4.69) is 6.92 Å². The van der Waals surface area contributed by atoms with E-state index in [9.17, 15) is 9.59 Å². The topological polar surface area (TPSA) is 72.2 Å². The molecule has 7 heteroatoms. The third-order valence-electron chi connectivity index (χ3n) is 5.71. The van der Waals surface area contributed by atoms with E-state index < -0.39 is 6.04 Å². The van der Waals surface area contributed by atoms with E-state index in [0.29, 0.717) is 48.6 Å². The van der Waals surface area contributed by atoms with Gasteiger partial charge in [0.05, 0.1) is 30.2 Å². The van der Waals surface area contributed by atoms with E-state index in [1.165, 1.54) is 0 Å². The average Bonchev–Trinajstić information content (AvgIpc) is 3.08. The van der Waals surface area contributed by atoms with Gasteiger partial charge < -0.3 is 23.7 Å². The third kappa shape index (κ3) is 4.46. The molecule has 7 nitrogen and oxygen atoms in total. The van der Waals surface area contributed by atoms with Crippen LogP contribution in [0.15, 0.2) is 51.7 Å². The number of nitrogens with zero attached hydrogens (tertiary/aromatic N) is 2. The van der Waals surface area contributed by atoms with Crippen molar-refractivity contribution in [1.29, 1.82) is 0 Å². The van der Waals surface area contributed by atoms with Crippen molar-refractivity contribution >= 4 is 16.9 Å². The fourth-order valence-corrected chi connectivity index (χ4v) is 4.11. The van der Waals surface area contributed by atoms with Crippen LogP contribution in [-0.2, 0) is 0 Å². The third-order valence-corrected chi connectivity index (χ3v) is 5.71. The summed E-state index contributed by atoms with van der Waals surface area (Å²) in [5.74, 6) is 1.20. The van der Waals surface area contributed by atoms with Crippen molar-refractivity contribution in [2.45, 2.75) is 26.3 Å². The first kappa shape index (κ1) is 22.9. The lowest BCUT2D eigenvalue weighted by Gasteiger charge is -2.26. The highest BCUT2D eigenvalue weighted by molar-refractivity contribution is 5.99. The summed E-state index contributed by atoms with van der Waals surface area (Å²) in [6.07, 6.45) is 0.920. The van der Waals surface area contributed by atoms with Gasteiger partial charge in [0.2, 0.25) is 5.76 Å². The summed E-state index contributed by atoms with van der Waals surface area (Å²) in [7, 11) is 3.91. The Balaban J connectivity index is 1.82. The second-order valence-corrected chi connectivity index (χ2v) is 8.39. The fraction of sp³-hybridized carbons (Fsp3) is 0.385. The van der Waals surface area contributed by atoms with Crippen LogP contribution in [0.2, 0.25) is 0 Å². The molecule has 174 valence electrons. The number of fused-ring (bicyclic) bond motifs is 2. The SMILES string of the molecule is CCCOc1ccc(C2c3c(oc4cc(OCC)ccc4c3=O)C(=O)N2CCN(C)C)cc1. The Bertz CT molecular complexity index is 1200. The van der Waals surface area contributed by atoms with Gasteiger partial charge in [-0.25, -0.2) is 0 Å². The fourth-order valence-electron chi connectivity index (χ4n) is 4.11. The molecular weight excluding hydrogens is 420 g/mol. The molecule has 1 aliphatic heterocycles. The number of benzene rings is 2. The molecule has 0 saturated heterocycles. The number of amides is 1. The highest BCUT2D eigenvalue weighted by Gasteiger charge is 2.42. The van der Waals surface area contributed by atoms with Gasteiger partial charge in [-0.1, -0.05) is 19.1 Å². The van der Waals surface area contributed by atoms with Crippen molar-refractivity contribution in [3.8, 4) is 11.5 Å². The largest absolute Gasteiger partial charge is 0.494 e. The van der Waals surface area contributed by atoms with Crippen LogP contribution < -0.4 is 14.9 Å². The molecule has 0 aliphatic carbocycles. The lowest BCUT2D eigenvalue weighted by atomic mass is 9.98. The van der Waals surface area contributed by atoms with Crippen LogP contribution in [0.25, 0.3) is 11.0 Å². The smallest absolute Gasteiger partial charge is 0.290 e. The quantitative estimate of drug-likeness (QED) is 0.489. The second-order valence-electron chi connectivity index (χ2n) is 8.39. The van der Waals surface area contributed by atoms with E-state index in [0.717, 1.165) is 17.7 Å². The summed E-state index contributed by atoms with van der Waals surface area (Å²) in [6.45, 7) is 6.21. The lowest BCUT2D eigenvalue weighted by Crippen LogP contribution is -2.35. The molecule has 0 bridgehead atoms. The van der Waals surface area contributed by atoms with Crippen LogP contribution >= 0.6 is 0 Å². The van der Waals surface area contributed by atoms with Crippen molar-refractivity contribution in [2.24, 2.45) is 0 Å². The highest BCUT2D eigenvalue weighted by atomic mass is 16.5. The Hall–Kier alpha value is -3.32. The van der Waals surface area contributed by atoms with Gasteiger partial charge in [-0.15, -0.1) is 0 Å². The van der Waals surface area contributed by atoms with Gasteiger partial charge in [-0.3, -0.25) is 9.59 Å². The van der Waals surface area contributed by atoms with Crippen molar-refractivity contribution in [2.75, 3.05) is 40.4 Å². The van der Waals surface area contributed by atoms with E-state index >= 15 is 0 Å². The van der Waals surface area contributed by atoms with Gasteiger partial charge >= 0.3 is 0 Å². The monoisotopic (exact) mass is 450 g/mol. The molecule has 0 radical (unpaired) electrons. The minimum Gasteiger partial charge on any atom is -0.494 e. The predicted molar refractivity (Wildman–Crippen MR) is 127 cm³/mol. The standard InChI is InChI=1S/C26H30N2O5/c1-5-15-32-18-9-7-17(8-10-18)23-22-24(29)20-12-11-19(31-6-2)16-21(20)33-25(22)26(30)28(23)14-13-27(3)4/h7-12,16,23H,5-6,13-15H2,1-4H3. The molecule has 2 aromatic carbocycles. The molecule has 0 N–H and O–H groups in total. The van der Waals surface area contributed by atoms with Crippen LogP contribution in [-0.4, -0.2) is 56.1 Å². The van der Waals surface area contributed by atoms with Gasteiger partial charge in [0.25, 0.3) is 5.91 Å². The first-order valence-corrected chi connectivity index (χ1v) is 11.4. The van der Waals surface area contributed by atoms with Gasteiger partial charge in [-0.2, -0.15) is 0 Å². The second kappa shape index (κ2) is 9.67. The van der Waals surface area contributed by atoms with E-state index in [1.807, 2.05) is 50.2 Å². The molecule has 1 amide bonds. The van der Waals surface area contributed by atoms with Gasteiger partial charge in [-0.05, 0) is 57.3 Å². The average molecular weight is 451 g/mol. The van der Waals surface area contributed by atoms with Crippen LogP contribution in [0.3, 0.4) is 0 Å². The molecule has 33 heavy (non-hydrogen) atoms. The zero-order valence-electron chi connectivity index (χ0n) is 19.6. The molecule has 1 atom stereocenters. The number of hydrogen-bond donors (Lipinski definition) is 0. The van der Waals surface area contributed by atoms with E-state index in [-0.39, 0.29) is 17.1 Å². The number of hydrogen-bond acceptors (Lipinski definition) is 6. The van der Waals surface area contributed by atoms with E-state index in [1.54, 1.807) is 23.1 Å². The molecule has 1 aliphatic rings. The summed E-state index contributed by atoms with van der Waals surface area (Å²) in [5, 5.41) is 0.437. The Kier molecular flexibility index (Phi) is 6.70. The summed E-state index contributed by atoms with van der Waals surface area (Å²) < 4.78 is 17.3. The number of carbonyl (C=O) groups is 1. The van der Waals surface area contributed by atoms with Crippen LogP contribution in [0.5, 0.6) is 11.5 Å². The van der Waals surface area contributed by atoms with E-state index in [4.69, 9.17) is 13.9 Å². The normalized spacial score (nSPS) is 15.4. The maximum absolute atomic E-state index is 13.6. The molecule has 3 aromatic rings. The predicted octanol–water partition coefficient (Wildman–Crippen LogP) is 4.09. The Morgan fingerprint density at radius 1 is 1.00 bits per heavy atom. The first-order chi connectivity index (χ1) is 15.9. The Labute approximate surface area is 193 Å². The van der Waals surface area contributed by atoms with Crippen LogP contribution in [0, 0.1) is 0 Å². The van der Waals surface area contributed by atoms with Crippen molar-refractivity contribution < 1.29 is 18.7 Å². The number of rotatable bonds is 9. The molecule has 4 rings (SSSR count). The lowest BCUT2D eigenvalue weighted by molar-refractivity contribution is 0.0716. The molecule has 1 unspecified atom stereocenters. The summed E-state index contributed by atoms with van der Waals surface area (Å²) in [4.78, 5) is 30.8. The molecule has 1 aromatic heterocycles. The van der Waals surface area contributed by atoms with Crippen LogP contribution in [0.1, 0.15) is 48.0 Å². The number of likely N-dealkylation sites (N-methyl/N-ethyl adjacent to an activating group) is 1. The molecule has 2 heterocycles. The minimum atomic E-state index is -0.514. The zero-order valence-corrected chi connectivity index (χ0v) is 19.6. The Morgan fingerprint density at radius 3 is 2.39 bits per heavy atom. The summed E-state index contributed by atoms with van der Waals surface area (Å²) in [6, 6.07) is 12.2. The highest BCUT2D eigenvalue weighted by Crippen LogP contribution is 2.38. The van der Waals surface area contributed by atoms with Gasteiger partial charge in [0, 0.05) is 19.2 Å². The van der Waals surface area contributed by atoms with Crippen molar-refractivity contribution in [1.82, 2.24) is 9.80 Å². The zero-order chi connectivity index (χ0) is 23.5. The minimum absolute atomic E-state index is 0.108. The van der Waals surface area contributed by atoms with Crippen LogP contribution in [0.4, 0.5) is 0 Å². The maximum Gasteiger partial charge on any atom is 0.290 e. The van der Waals surface area contributed by atoms with Crippen molar-refractivity contribution in [3.63, 3.8) is 0 Å². The summed E-state index contributed by atoms with van der Waals surface area (Å²) in [5.41, 5.74) is 1.40. The van der Waals surface area contributed by atoms with Gasteiger partial charge in [0.15, 0.2) is 5.43 Å². The summed E-state index contributed by atoms with van der Waals surface area (Å²) >= 11 is 0. The number of ether oxygens (including phenoxy) is 2. The Morgan fingerprint density at radius 2 is 1.73 bits per heavy atom. The van der Waals surface area contributed by atoms with Gasteiger partial charge in [0.1, 0.15) is 17.1 Å².